The van der Waals surface area contributed by atoms with Gasteiger partial charge in [0.05, 0.1) is 6.04 Å². The maximum absolute atomic E-state index is 12.0. The first-order valence-corrected chi connectivity index (χ1v) is 5.95. The van der Waals surface area contributed by atoms with Crippen molar-refractivity contribution in [3.63, 3.8) is 0 Å². The molecule has 0 aliphatic carbocycles. The Kier molecular flexibility index (Phi) is 5.10. The van der Waals surface area contributed by atoms with Crippen LogP contribution < -0.4 is 5.73 Å². The van der Waals surface area contributed by atoms with Crippen LogP contribution in [0.2, 0.25) is 0 Å². The number of carbonyl (C=O) groups excluding carboxylic acids is 1. The number of aromatic nitrogens is 1. The van der Waals surface area contributed by atoms with Gasteiger partial charge in [0, 0.05) is 26.0 Å². The van der Waals surface area contributed by atoms with Crippen molar-refractivity contribution in [2.75, 3.05) is 7.05 Å². The topological polar surface area (TPSA) is 59.2 Å². The van der Waals surface area contributed by atoms with Gasteiger partial charge in [-0.3, -0.25) is 9.78 Å². The zero-order valence-corrected chi connectivity index (χ0v) is 10.8. The molecule has 2 N–H and O–H groups in total. The lowest BCUT2D eigenvalue weighted by atomic mass is 9.99. The van der Waals surface area contributed by atoms with Gasteiger partial charge in [0.1, 0.15) is 0 Å². The molecule has 2 atom stereocenters. The number of hydrogen-bond acceptors (Lipinski definition) is 3. The molecule has 0 saturated carbocycles. The molecule has 1 amide bonds. The summed E-state index contributed by atoms with van der Waals surface area (Å²) in [6.07, 6.45) is 4.39. The highest BCUT2D eigenvalue weighted by molar-refractivity contribution is 5.81. The third-order valence-corrected chi connectivity index (χ3v) is 3.06. The van der Waals surface area contributed by atoms with Gasteiger partial charge in [0.2, 0.25) is 5.91 Å². The summed E-state index contributed by atoms with van der Waals surface area (Å²) >= 11 is 0. The van der Waals surface area contributed by atoms with Gasteiger partial charge in [-0.05, 0) is 17.5 Å². The molecule has 1 rings (SSSR count). The van der Waals surface area contributed by atoms with Gasteiger partial charge in [-0.1, -0.05) is 26.3 Å². The molecular weight excluding hydrogens is 214 g/mol. The fourth-order valence-electron chi connectivity index (χ4n) is 1.60. The SMILES string of the molecule is CCC(C)C(N)C(=O)N(C)Cc1cccnc1. The maximum atomic E-state index is 12.0. The molecule has 4 nitrogen and oxygen atoms in total. The smallest absolute Gasteiger partial charge is 0.239 e. The Morgan fingerprint density at radius 3 is 2.82 bits per heavy atom. The average molecular weight is 235 g/mol. The number of amides is 1. The van der Waals surface area contributed by atoms with E-state index in [1.54, 1.807) is 24.3 Å². The molecule has 0 spiro atoms. The molecule has 94 valence electrons. The first-order chi connectivity index (χ1) is 8.06. The summed E-state index contributed by atoms with van der Waals surface area (Å²) in [6.45, 7) is 4.59. The molecule has 2 unspecified atom stereocenters. The van der Waals surface area contributed by atoms with Crippen molar-refractivity contribution in [3.8, 4) is 0 Å². The summed E-state index contributed by atoms with van der Waals surface area (Å²) in [7, 11) is 1.78. The van der Waals surface area contributed by atoms with E-state index in [0.29, 0.717) is 6.54 Å². The molecule has 0 fully saturated rings. The second-order valence-electron chi connectivity index (χ2n) is 4.47. The van der Waals surface area contributed by atoms with Crippen molar-refractivity contribution >= 4 is 5.91 Å². The van der Waals surface area contributed by atoms with Crippen LogP contribution in [-0.4, -0.2) is 28.9 Å². The Balaban J connectivity index is 2.58. The van der Waals surface area contributed by atoms with E-state index in [1.807, 2.05) is 26.0 Å². The van der Waals surface area contributed by atoms with E-state index in [4.69, 9.17) is 5.73 Å². The van der Waals surface area contributed by atoms with Crippen LogP contribution in [0.4, 0.5) is 0 Å². The minimum atomic E-state index is -0.415. The summed E-state index contributed by atoms with van der Waals surface area (Å²) in [6, 6.07) is 3.40. The quantitative estimate of drug-likeness (QED) is 0.839. The number of carbonyl (C=O) groups is 1. The molecule has 1 heterocycles. The van der Waals surface area contributed by atoms with Crippen LogP contribution in [0.5, 0.6) is 0 Å². The van der Waals surface area contributed by atoms with Crippen molar-refractivity contribution in [2.24, 2.45) is 11.7 Å². The predicted octanol–water partition coefficient (Wildman–Crippen LogP) is 1.41. The average Bonchev–Trinajstić information content (AvgIpc) is 2.37. The van der Waals surface area contributed by atoms with E-state index in [2.05, 4.69) is 4.98 Å². The van der Waals surface area contributed by atoms with Gasteiger partial charge in [-0.15, -0.1) is 0 Å². The fraction of sp³-hybridized carbons (Fsp3) is 0.538. The van der Waals surface area contributed by atoms with E-state index in [0.717, 1.165) is 12.0 Å². The molecule has 1 aromatic heterocycles. The predicted molar refractivity (Wildman–Crippen MR) is 68.1 cm³/mol. The van der Waals surface area contributed by atoms with Crippen LogP contribution in [0.1, 0.15) is 25.8 Å². The van der Waals surface area contributed by atoms with Crippen molar-refractivity contribution in [2.45, 2.75) is 32.9 Å². The minimum absolute atomic E-state index is 0.0109. The van der Waals surface area contributed by atoms with Crippen LogP contribution in [0.25, 0.3) is 0 Å². The van der Waals surface area contributed by atoms with Crippen molar-refractivity contribution in [1.29, 1.82) is 0 Å². The van der Waals surface area contributed by atoms with Gasteiger partial charge in [-0.2, -0.15) is 0 Å². The number of nitrogens with zero attached hydrogens (tertiary/aromatic N) is 2. The third-order valence-electron chi connectivity index (χ3n) is 3.06. The Hall–Kier alpha value is -1.42. The molecule has 0 bridgehead atoms. The van der Waals surface area contributed by atoms with Crippen LogP contribution in [0.3, 0.4) is 0 Å². The van der Waals surface area contributed by atoms with Gasteiger partial charge in [-0.25, -0.2) is 0 Å². The van der Waals surface area contributed by atoms with Gasteiger partial charge >= 0.3 is 0 Å². The number of pyridine rings is 1. The van der Waals surface area contributed by atoms with Gasteiger partial charge < -0.3 is 10.6 Å². The van der Waals surface area contributed by atoms with E-state index >= 15 is 0 Å². The Labute approximate surface area is 103 Å². The molecule has 0 aliphatic heterocycles. The van der Waals surface area contributed by atoms with Crippen LogP contribution in [-0.2, 0) is 11.3 Å². The van der Waals surface area contributed by atoms with E-state index < -0.39 is 6.04 Å². The Morgan fingerprint density at radius 1 is 1.59 bits per heavy atom. The van der Waals surface area contributed by atoms with Crippen molar-refractivity contribution in [1.82, 2.24) is 9.88 Å². The van der Waals surface area contributed by atoms with E-state index in [-0.39, 0.29) is 11.8 Å². The van der Waals surface area contributed by atoms with E-state index in [9.17, 15) is 4.79 Å². The molecule has 0 radical (unpaired) electrons. The second kappa shape index (κ2) is 6.35. The molecule has 0 saturated heterocycles. The van der Waals surface area contributed by atoms with Crippen LogP contribution in [0, 0.1) is 5.92 Å². The number of hydrogen-bond donors (Lipinski definition) is 1. The van der Waals surface area contributed by atoms with Crippen molar-refractivity contribution in [3.05, 3.63) is 30.1 Å². The number of nitrogens with two attached hydrogens (primary N) is 1. The summed E-state index contributed by atoms with van der Waals surface area (Å²) in [5, 5.41) is 0. The van der Waals surface area contributed by atoms with Gasteiger partial charge in [0.15, 0.2) is 0 Å². The molecular formula is C13H21N3O. The monoisotopic (exact) mass is 235 g/mol. The van der Waals surface area contributed by atoms with Crippen LogP contribution in [0.15, 0.2) is 24.5 Å². The Morgan fingerprint density at radius 2 is 2.29 bits per heavy atom. The molecule has 1 aromatic rings. The molecule has 0 aromatic carbocycles. The lowest BCUT2D eigenvalue weighted by Gasteiger charge is -2.24. The third kappa shape index (κ3) is 3.82. The minimum Gasteiger partial charge on any atom is -0.340 e. The summed E-state index contributed by atoms with van der Waals surface area (Å²) in [5.74, 6) is 0.196. The number of rotatable bonds is 5. The molecule has 17 heavy (non-hydrogen) atoms. The normalized spacial score (nSPS) is 14.1. The first-order valence-electron chi connectivity index (χ1n) is 5.95. The van der Waals surface area contributed by atoms with E-state index in [1.165, 1.54) is 0 Å². The maximum Gasteiger partial charge on any atom is 0.239 e. The fourth-order valence-corrected chi connectivity index (χ4v) is 1.60. The highest BCUT2D eigenvalue weighted by atomic mass is 16.2. The van der Waals surface area contributed by atoms with Gasteiger partial charge in [0.25, 0.3) is 0 Å². The second-order valence-corrected chi connectivity index (χ2v) is 4.47. The summed E-state index contributed by atoms with van der Waals surface area (Å²) in [5.41, 5.74) is 6.93. The summed E-state index contributed by atoms with van der Waals surface area (Å²) < 4.78 is 0. The van der Waals surface area contributed by atoms with Crippen molar-refractivity contribution < 1.29 is 4.79 Å². The zero-order valence-electron chi connectivity index (χ0n) is 10.8. The number of likely N-dealkylation sites (N-methyl/N-ethyl adjacent to an activating group) is 1. The molecule has 4 heteroatoms. The zero-order chi connectivity index (χ0) is 12.8. The molecule has 0 aliphatic rings. The first kappa shape index (κ1) is 13.6. The van der Waals surface area contributed by atoms with Crippen LogP contribution >= 0.6 is 0 Å². The Bertz CT molecular complexity index is 353. The highest BCUT2D eigenvalue weighted by Gasteiger charge is 2.22. The standard InChI is InChI=1S/C13H21N3O/c1-4-10(2)12(14)13(17)16(3)9-11-6-5-7-15-8-11/h5-8,10,12H,4,9,14H2,1-3H3. The highest BCUT2D eigenvalue weighted by Crippen LogP contribution is 2.09. The largest absolute Gasteiger partial charge is 0.340 e. The lowest BCUT2D eigenvalue weighted by Crippen LogP contribution is -2.45. The lowest BCUT2D eigenvalue weighted by molar-refractivity contribution is -0.132. The summed E-state index contributed by atoms with van der Waals surface area (Å²) in [4.78, 5) is 17.7.